The molecule has 9 heteroatoms. The first-order chi connectivity index (χ1) is 14.9. The zero-order valence-corrected chi connectivity index (χ0v) is 17.9. The predicted molar refractivity (Wildman–Crippen MR) is 123 cm³/mol. The molecule has 0 aliphatic rings. The Morgan fingerprint density at radius 3 is 2.55 bits per heavy atom. The van der Waals surface area contributed by atoms with E-state index in [4.69, 9.17) is 0 Å². The number of hydrogen-bond donors (Lipinski definition) is 2. The minimum Gasteiger partial charge on any atom is -0.339 e. The van der Waals surface area contributed by atoms with Crippen LogP contribution in [0.3, 0.4) is 0 Å². The van der Waals surface area contributed by atoms with Gasteiger partial charge in [-0.05, 0) is 31.5 Å². The number of benzene rings is 2. The number of anilines is 3. The predicted octanol–water partition coefficient (Wildman–Crippen LogP) is 4.10. The summed E-state index contributed by atoms with van der Waals surface area (Å²) in [6.45, 7) is 3.33. The lowest BCUT2D eigenvalue weighted by atomic mass is 10.2. The summed E-state index contributed by atoms with van der Waals surface area (Å²) in [7, 11) is -3.47. The molecule has 0 unspecified atom stereocenters. The van der Waals surface area contributed by atoms with Gasteiger partial charge in [0.2, 0.25) is 0 Å². The Kier molecular flexibility index (Phi) is 5.68. The average molecular weight is 435 g/mol. The average Bonchev–Trinajstić information content (AvgIpc) is 3.24. The van der Waals surface area contributed by atoms with Crippen LogP contribution in [0.15, 0.2) is 82.9 Å². The first-order valence-electron chi connectivity index (χ1n) is 9.74. The van der Waals surface area contributed by atoms with Crippen LogP contribution in [0.1, 0.15) is 19.4 Å². The zero-order valence-electron chi connectivity index (χ0n) is 17.1. The van der Waals surface area contributed by atoms with Crippen LogP contribution >= 0.6 is 0 Å². The maximum Gasteiger partial charge on any atom is 0.182 e. The number of rotatable bonds is 7. The Bertz CT molecular complexity index is 1330. The third-order valence-corrected chi connectivity index (χ3v) is 6.84. The largest absolute Gasteiger partial charge is 0.339 e. The smallest absolute Gasteiger partial charge is 0.182 e. The van der Waals surface area contributed by atoms with Crippen molar-refractivity contribution in [3.63, 3.8) is 0 Å². The third kappa shape index (κ3) is 4.41. The molecule has 0 aliphatic heterocycles. The Balaban J connectivity index is 1.68. The van der Waals surface area contributed by atoms with E-state index in [1.807, 2.05) is 30.3 Å². The number of sulfone groups is 1. The maximum atomic E-state index is 12.8. The van der Waals surface area contributed by atoms with E-state index in [0.29, 0.717) is 23.0 Å². The third-order valence-electron chi connectivity index (χ3n) is 4.63. The lowest BCUT2D eigenvalue weighted by Gasteiger charge is -2.15. The highest BCUT2D eigenvalue weighted by atomic mass is 32.2. The van der Waals surface area contributed by atoms with Gasteiger partial charge in [0.05, 0.1) is 28.2 Å². The molecule has 2 heterocycles. The number of fused-ring (bicyclic) bond motifs is 1. The van der Waals surface area contributed by atoms with E-state index < -0.39 is 15.1 Å². The molecule has 0 amide bonds. The normalized spacial score (nSPS) is 12.0. The Hall–Kier alpha value is -3.72. The molecule has 2 aromatic heterocycles. The summed E-state index contributed by atoms with van der Waals surface area (Å²) < 4.78 is 27.2. The van der Waals surface area contributed by atoms with Crippen molar-refractivity contribution in [1.29, 1.82) is 0 Å². The Labute approximate surface area is 180 Å². The summed E-state index contributed by atoms with van der Waals surface area (Å²) in [5, 5.41) is 11.2. The van der Waals surface area contributed by atoms with E-state index in [-0.39, 0.29) is 4.90 Å². The van der Waals surface area contributed by atoms with Crippen molar-refractivity contribution in [2.24, 2.45) is 5.10 Å². The maximum absolute atomic E-state index is 12.8. The summed E-state index contributed by atoms with van der Waals surface area (Å²) in [5.41, 5.74) is 4.93. The van der Waals surface area contributed by atoms with Gasteiger partial charge in [-0.2, -0.15) is 14.7 Å². The molecule has 2 N–H and O–H groups in total. The number of aromatic nitrogens is 3. The van der Waals surface area contributed by atoms with Gasteiger partial charge in [0.25, 0.3) is 0 Å². The van der Waals surface area contributed by atoms with Gasteiger partial charge in [-0.15, -0.1) is 0 Å². The van der Waals surface area contributed by atoms with Crippen molar-refractivity contribution in [1.82, 2.24) is 14.6 Å². The zero-order chi connectivity index (χ0) is 21.8. The standard InChI is InChI=1S/C22H22N6O2S/c1-16(2)31(29,30)19-11-7-6-10-18(19)25-22-14-20(26-21-12-13-24-28(21)22)27-23-15-17-8-4-3-5-9-17/h3-16,25H,1-2H3,(H,26,27)/b23-15+. The van der Waals surface area contributed by atoms with Gasteiger partial charge in [0.15, 0.2) is 21.3 Å². The van der Waals surface area contributed by atoms with Crippen LogP contribution in [0.4, 0.5) is 17.3 Å². The molecular weight excluding hydrogens is 412 g/mol. The molecule has 0 fully saturated rings. The van der Waals surface area contributed by atoms with Crippen LogP contribution < -0.4 is 10.7 Å². The van der Waals surface area contributed by atoms with Gasteiger partial charge in [-0.3, -0.25) is 5.43 Å². The minimum absolute atomic E-state index is 0.235. The first kappa shape index (κ1) is 20.5. The molecule has 31 heavy (non-hydrogen) atoms. The molecular formula is C22H22N6O2S. The van der Waals surface area contributed by atoms with E-state index in [1.165, 1.54) is 0 Å². The second-order valence-electron chi connectivity index (χ2n) is 7.12. The highest BCUT2D eigenvalue weighted by Gasteiger charge is 2.23. The summed E-state index contributed by atoms with van der Waals surface area (Å²) in [6.07, 6.45) is 3.32. The van der Waals surface area contributed by atoms with E-state index in [2.05, 4.69) is 25.9 Å². The van der Waals surface area contributed by atoms with Crippen LogP contribution in [0.2, 0.25) is 0 Å². The topological polar surface area (TPSA) is 101 Å². The fraction of sp³-hybridized carbons (Fsp3) is 0.136. The molecule has 0 saturated heterocycles. The Morgan fingerprint density at radius 1 is 1.03 bits per heavy atom. The van der Waals surface area contributed by atoms with Crippen LogP contribution in [-0.4, -0.2) is 34.5 Å². The van der Waals surface area contributed by atoms with Crippen LogP contribution in [0.5, 0.6) is 0 Å². The minimum atomic E-state index is -3.47. The van der Waals surface area contributed by atoms with E-state index in [1.54, 1.807) is 67.2 Å². The summed E-state index contributed by atoms with van der Waals surface area (Å²) in [4.78, 5) is 4.72. The molecule has 0 saturated carbocycles. The molecule has 0 spiro atoms. The van der Waals surface area contributed by atoms with Crippen molar-refractivity contribution >= 4 is 39.0 Å². The van der Waals surface area contributed by atoms with Crippen molar-refractivity contribution in [2.45, 2.75) is 24.0 Å². The number of para-hydroxylation sites is 1. The second kappa shape index (κ2) is 8.57. The molecule has 0 bridgehead atoms. The van der Waals surface area contributed by atoms with Gasteiger partial charge in [0.1, 0.15) is 5.82 Å². The van der Waals surface area contributed by atoms with E-state index in [9.17, 15) is 8.42 Å². The number of nitrogens with one attached hydrogen (secondary N) is 2. The van der Waals surface area contributed by atoms with Gasteiger partial charge >= 0.3 is 0 Å². The SMILES string of the molecule is CC(C)S(=O)(=O)c1ccccc1Nc1cc(N/N=C/c2ccccc2)nc2ccnn12. The fourth-order valence-electron chi connectivity index (χ4n) is 2.98. The van der Waals surface area contributed by atoms with Gasteiger partial charge < -0.3 is 5.32 Å². The van der Waals surface area contributed by atoms with Crippen LogP contribution in [0, 0.1) is 0 Å². The Morgan fingerprint density at radius 2 is 1.77 bits per heavy atom. The van der Waals surface area contributed by atoms with Crippen molar-refractivity contribution < 1.29 is 8.42 Å². The monoisotopic (exact) mass is 434 g/mol. The van der Waals surface area contributed by atoms with E-state index in [0.717, 1.165) is 5.56 Å². The first-order valence-corrected chi connectivity index (χ1v) is 11.3. The van der Waals surface area contributed by atoms with Crippen molar-refractivity contribution in [3.8, 4) is 0 Å². The second-order valence-corrected chi connectivity index (χ2v) is 9.60. The van der Waals surface area contributed by atoms with E-state index >= 15 is 0 Å². The molecule has 158 valence electrons. The molecule has 2 aromatic carbocycles. The van der Waals surface area contributed by atoms with Crippen LogP contribution in [0.25, 0.3) is 5.65 Å². The molecule has 0 radical (unpaired) electrons. The highest BCUT2D eigenvalue weighted by molar-refractivity contribution is 7.92. The van der Waals surface area contributed by atoms with Gasteiger partial charge in [0, 0.05) is 12.1 Å². The number of hydrazone groups is 1. The quantitative estimate of drug-likeness (QED) is 0.335. The van der Waals surface area contributed by atoms with Crippen LogP contribution in [-0.2, 0) is 9.84 Å². The molecule has 0 atom stereocenters. The lowest BCUT2D eigenvalue weighted by Crippen LogP contribution is -2.16. The highest BCUT2D eigenvalue weighted by Crippen LogP contribution is 2.28. The fourth-order valence-corrected chi connectivity index (χ4v) is 4.18. The summed E-state index contributed by atoms with van der Waals surface area (Å²) in [6, 6.07) is 20.0. The van der Waals surface area contributed by atoms with Gasteiger partial charge in [-0.1, -0.05) is 42.5 Å². The molecule has 0 aliphatic carbocycles. The molecule has 4 aromatic rings. The molecule has 8 nitrogen and oxygen atoms in total. The summed E-state index contributed by atoms with van der Waals surface area (Å²) in [5.74, 6) is 1.05. The van der Waals surface area contributed by atoms with Crippen molar-refractivity contribution in [2.75, 3.05) is 10.7 Å². The molecule has 4 rings (SSSR count). The van der Waals surface area contributed by atoms with Gasteiger partial charge in [-0.25, -0.2) is 13.4 Å². The van der Waals surface area contributed by atoms with Crippen molar-refractivity contribution in [3.05, 3.63) is 78.5 Å². The number of hydrogen-bond acceptors (Lipinski definition) is 7. The number of nitrogens with zero attached hydrogens (tertiary/aromatic N) is 4. The summed E-state index contributed by atoms with van der Waals surface area (Å²) >= 11 is 0. The lowest BCUT2D eigenvalue weighted by molar-refractivity contribution is 0.588.